The van der Waals surface area contributed by atoms with Gasteiger partial charge in [0.05, 0.1) is 6.54 Å². The van der Waals surface area contributed by atoms with E-state index in [1.54, 1.807) is 6.07 Å². The van der Waals surface area contributed by atoms with E-state index in [4.69, 9.17) is 9.47 Å². The molecule has 1 atom stereocenters. The molecule has 0 amide bonds. The van der Waals surface area contributed by atoms with Gasteiger partial charge in [-0.3, -0.25) is 4.90 Å². The van der Waals surface area contributed by atoms with Crippen molar-refractivity contribution in [1.29, 1.82) is 0 Å². The first-order chi connectivity index (χ1) is 14.5. The molecular weight excluding hydrogens is 396 g/mol. The van der Waals surface area contributed by atoms with Gasteiger partial charge in [-0.05, 0) is 27.0 Å². The summed E-state index contributed by atoms with van der Waals surface area (Å²) in [5.74, 6) is 1.56. The number of piperazine rings is 1. The van der Waals surface area contributed by atoms with Gasteiger partial charge >= 0.3 is 6.61 Å². The van der Waals surface area contributed by atoms with Gasteiger partial charge < -0.3 is 29.7 Å². The predicted octanol–water partition coefficient (Wildman–Crippen LogP) is 1.71. The summed E-state index contributed by atoms with van der Waals surface area (Å²) in [6, 6.07) is 3.42. The third-order valence-corrected chi connectivity index (χ3v) is 5.25. The molecule has 0 aliphatic carbocycles. The van der Waals surface area contributed by atoms with Crippen LogP contribution in [-0.4, -0.2) is 81.5 Å². The zero-order chi connectivity index (χ0) is 21.5. The molecule has 2 heterocycles. The summed E-state index contributed by atoms with van der Waals surface area (Å²) in [7, 11) is 2.14. The van der Waals surface area contributed by atoms with Crippen molar-refractivity contribution >= 4 is 5.96 Å². The van der Waals surface area contributed by atoms with Crippen LogP contribution in [0.15, 0.2) is 17.1 Å². The van der Waals surface area contributed by atoms with Crippen molar-refractivity contribution in [2.24, 2.45) is 4.99 Å². The third kappa shape index (κ3) is 6.09. The molecule has 8 nitrogen and oxygen atoms in total. The van der Waals surface area contributed by atoms with Crippen molar-refractivity contribution in [3.8, 4) is 17.2 Å². The monoisotopic (exact) mass is 427 g/mol. The lowest BCUT2D eigenvalue weighted by molar-refractivity contribution is -0.0505. The number of nitrogens with one attached hydrogen (secondary N) is 2. The number of halogens is 2. The predicted molar refractivity (Wildman–Crippen MR) is 111 cm³/mol. The molecule has 2 aliphatic rings. The molecule has 10 heteroatoms. The Balaban J connectivity index is 1.64. The Morgan fingerprint density at radius 3 is 2.53 bits per heavy atom. The first-order valence-corrected chi connectivity index (χ1v) is 10.3. The second kappa shape index (κ2) is 10.6. The molecule has 30 heavy (non-hydrogen) atoms. The first-order valence-electron chi connectivity index (χ1n) is 10.3. The van der Waals surface area contributed by atoms with Crippen molar-refractivity contribution in [2.75, 3.05) is 53.1 Å². The number of hydrogen-bond donors (Lipinski definition) is 2. The minimum absolute atomic E-state index is 0.0413. The summed E-state index contributed by atoms with van der Waals surface area (Å²) >= 11 is 0. The van der Waals surface area contributed by atoms with Gasteiger partial charge in [0.15, 0.2) is 17.5 Å². The van der Waals surface area contributed by atoms with E-state index in [1.807, 2.05) is 6.92 Å². The molecule has 1 aromatic carbocycles. The number of alkyl halides is 2. The van der Waals surface area contributed by atoms with E-state index in [9.17, 15) is 8.78 Å². The summed E-state index contributed by atoms with van der Waals surface area (Å²) < 4.78 is 40.9. The zero-order valence-corrected chi connectivity index (χ0v) is 17.8. The Bertz CT molecular complexity index is 727. The maximum absolute atomic E-state index is 12.8. The van der Waals surface area contributed by atoms with Crippen molar-refractivity contribution in [3.63, 3.8) is 0 Å². The van der Waals surface area contributed by atoms with Crippen LogP contribution in [-0.2, 0) is 6.54 Å². The number of nitrogens with zero attached hydrogens (tertiary/aromatic N) is 3. The molecule has 1 saturated heterocycles. The van der Waals surface area contributed by atoms with Crippen molar-refractivity contribution < 1.29 is 23.0 Å². The Hall–Kier alpha value is -2.33. The molecule has 0 bridgehead atoms. The largest absolute Gasteiger partial charge is 0.454 e. The first kappa shape index (κ1) is 22.4. The van der Waals surface area contributed by atoms with Gasteiger partial charge in [0, 0.05) is 56.9 Å². The van der Waals surface area contributed by atoms with Crippen molar-refractivity contribution in [3.05, 3.63) is 17.7 Å². The van der Waals surface area contributed by atoms with Crippen LogP contribution < -0.4 is 24.8 Å². The second-order valence-electron chi connectivity index (χ2n) is 7.46. The highest BCUT2D eigenvalue weighted by molar-refractivity contribution is 5.79. The summed E-state index contributed by atoms with van der Waals surface area (Å²) in [5.41, 5.74) is 0.504. The fourth-order valence-electron chi connectivity index (χ4n) is 3.44. The van der Waals surface area contributed by atoms with Crippen molar-refractivity contribution in [2.45, 2.75) is 33.0 Å². The zero-order valence-electron chi connectivity index (χ0n) is 17.8. The summed E-state index contributed by atoms with van der Waals surface area (Å²) in [5, 5.41) is 6.55. The number of fused-ring (bicyclic) bond motifs is 1. The van der Waals surface area contributed by atoms with E-state index in [1.165, 1.54) is 6.07 Å². The van der Waals surface area contributed by atoms with Gasteiger partial charge in [0.1, 0.15) is 5.75 Å². The van der Waals surface area contributed by atoms with E-state index in [2.05, 4.69) is 44.1 Å². The van der Waals surface area contributed by atoms with Gasteiger partial charge in [-0.25, -0.2) is 4.99 Å². The van der Waals surface area contributed by atoms with Crippen LogP contribution in [0.3, 0.4) is 0 Å². The Morgan fingerprint density at radius 2 is 1.87 bits per heavy atom. The molecule has 0 radical (unpaired) electrons. The quantitative estimate of drug-likeness (QED) is 0.484. The lowest BCUT2D eigenvalue weighted by atomic mass is 10.1. The second-order valence-corrected chi connectivity index (χ2v) is 7.46. The number of aliphatic imine (C=N–C) groups is 1. The van der Waals surface area contributed by atoms with E-state index < -0.39 is 6.61 Å². The molecular formula is C20H31F2N5O3. The molecule has 3 rings (SSSR count). The fourth-order valence-corrected chi connectivity index (χ4v) is 3.44. The van der Waals surface area contributed by atoms with E-state index in [-0.39, 0.29) is 19.1 Å². The van der Waals surface area contributed by atoms with Crippen LogP contribution in [0.4, 0.5) is 8.78 Å². The van der Waals surface area contributed by atoms with Gasteiger partial charge in [0.2, 0.25) is 6.79 Å². The maximum atomic E-state index is 12.8. The van der Waals surface area contributed by atoms with Crippen LogP contribution in [0.5, 0.6) is 17.2 Å². The molecule has 1 aromatic rings. The summed E-state index contributed by atoms with van der Waals surface area (Å²) in [4.78, 5) is 9.33. The molecule has 2 N–H and O–H groups in total. The number of rotatable bonds is 8. The molecule has 0 spiro atoms. The van der Waals surface area contributed by atoms with Gasteiger partial charge in [0.25, 0.3) is 0 Å². The Labute approximate surface area is 176 Å². The Morgan fingerprint density at radius 1 is 1.17 bits per heavy atom. The van der Waals surface area contributed by atoms with Crippen LogP contribution >= 0.6 is 0 Å². The molecule has 0 saturated carbocycles. The highest BCUT2D eigenvalue weighted by Crippen LogP contribution is 2.39. The Kier molecular flexibility index (Phi) is 7.92. The van der Waals surface area contributed by atoms with Gasteiger partial charge in [-0.1, -0.05) is 0 Å². The third-order valence-electron chi connectivity index (χ3n) is 5.25. The maximum Gasteiger partial charge on any atom is 0.387 e. The standard InChI is InChI=1S/C20H31F2N5O3/c1-4-23-20(24-11-14(2)27-7-5-26(3)6-8-27)25-12-15-9-17-18(29-13-28-17)10-16(15)30-19(21)22/h9-10,14,19H,4-8,11-13H2,1-3H3,(H2,23,24,25). The minimum Gasteiger partial charge on any atom is -0.454 e. The number of guanidine groups is 1. The van der Waals surface area contributed by atoms with E-state index in [0.717, 1.165) is 32.7 Å². The summed E-state index contributed by atoms with van der Waals surface area (Å²) in [6.45, 7) is 7.10. The number of ether oxygens (including phenoxy) is 3. The lowest BCUT2D eigenvalue weighted by Gasteiger charge is -2.36. The SMILES string of the molecule is CCNC(=NCc1cc2c(cc1OC(F)F)OCO2)NCC(C)N1CCN(C)CC1. The molecule has 168 valence electrons. The smallest absolute Gasteiger partial charge is 0.387 e. The van der Waals surface area contributed by atoms with Crippen molar-refractivity contribution in [1.82, 2.24) is 20.4 Å². The average molecular weight is 427 g/mol. The lowest BCUT2D eigenvalue weighted by Crippen LogP contribution is -2.52. The van der Waals surface area contributed by atoms with Crippen LogP contribution in [0, 0.1) is 0 Å². The minimum atomic E-state index is -2.93. The molecule has 1 unspecified atom stereocenters. The molecule has 1 fully saturated rings. The van der Waals surface area contributed by atoms with Crippen LogP contribution in [0.2, 0.25) is 0 Å². The van der Waals surface area contributed by atoms with E-state index >= 15 is 0 Å². The summed E-state index contributed by atoms with van der Waals surface area (Å²) in [6.07, 6.45) is 0. The van der Waals surface area contributed by atoms with Gasteiger partial charge in [-0.2, -0.15) is 8.78 Å². The number of likely N-dealkylation sites (N-methyl/N-ethyl adjacent to an activating group) is 1. The van der Waals surface area contributed by atoms with E-state index in [0.29, 0.717) is 35.6 Å². The fraction of sp³-hybridized carbons (Fsp3) is 0.650. The topological polar surface area (TPSA) is 70.6 Å². The van der Waals surface area contributed by atoms with Crippen LogP contribution in [0.1, 0.15) is 19.4 Å². The number of hydrogen-bond acceptors (Lipinski definition) is 6. The number of benzene rings is 1. The normalized spacial score (nSPS) is 18.5. The van der Waals surface area contributed by atoms with Gasteiger partial charge in [-0.15, -0.1) is 0 Å². The highest BCUT2D eigenvalue weighted by atomic mass is 19.3. The van der Waals surface area contributed by atoms with Crippen LogP contribution in [0.25, 0.3) is 0 Å². The highest BCUT2D eigenvalue weighted by Gasteiger charge is 2.21. The average Bonchev–Trinajstić information content (AvgIpc) is 3.17. The molecule has 2 aliphatic heterocycles. The molecule has 0 aromatic heterocycles.